The summed E-state index contributed by atoms with van der Waals surface area (Å²) in [7, 11) is 0. The molecule has 4 rings (SSSR count). The number of hydrogen-bond donors (Lipinski definition) is 1. The van der Waals surface area contributed by atoms with Gasteiger partial charge in [-0.15, -0.1) is 0 Å². The molecule has 1 fully saturated rings. The Bertz CT molecular complexity index is 1090. The van der Waals surface area contributed by atoms with E-state index in [1.807, 2.05) is 12.1 Å². The zero-order chi connectivity index (χ0) is 19.5. The van der Waals surface area contributed by atoms with Crippen molar-refractivity contribution in [2.24, 2.45) is 5.92 Å². The molecule has 0 unspecified atom stereocenters. The first kappa shape index (κ1) is 17.7. The van der Waals surface area contributed by atoms with Gasteiger partial charge >= 0.3 is 0 Å². The number of hydrogen-bond acceptors (Lipinski definition) is 7. The van der Waals surface area contributed by atoms with Crippen molar-refractivity contribution in [3.05, 3.63) is 63.8 Å². The summed E-state index contributed by atoms with van der Waals surface area (Å²) in [6, 6.07) is 11.7. The number of nitriles is 1. The number of non-ortho nitro benzene ring substituents is 1. The van der Waals surface area contributed by atoms with Crippen molar-refractivity contribution in [2.75, 3.05) is 11.9 Å². The second-order valence-corrected chi connectivity index (χ2v) is 6.74. The summed E-state index contributed by atoms with van der Waals surface area (Å²) in [5.41, 5.74) is 1.77. The number of nitrogens with one attached hydrogen (secondary N) is 1. The Morgan fingerprint density at radius 2 is 2.14 bits per heavy atom. The molecule has 8 nitrogen and oxygen atoms in total. The standard InChI is InChI=1S/C20H17N5O3/c21-10-15-8-19(24-18-4-3-16(25(26)27)9-17(15)18)23-11-14-5-6-22-20(7-14)28-12-13-1-2-13/h3-9,13H,1-2,11-12H2,(H,23,24). The summed E-state index contributed by atoms with van der Waals surface area (Å²) in [5, 5.41) is 24.0. The number of fused-ring (bicyclic) bond motifs is 1. The summed E-state index contributed by atoms with van der Waals surface area (Å²) in [5.74, 6) is 1.78. The lowest BCUT2D eigenvalue weighted by Gasteiger charge is -2.10. The summed E-state index contributed by atoms with van der Waals surface area (Å²) in [6.45, 7) is 1.19. The monoisotopic (exact) mass is 375 g/mol. The van der Waals surface area contributed by atoms with Crippen LogP contribution in [0.15, 0.2) is 42.6 Å². The third kappa shape index (κ3) is 3.99. The van der Waals surface area contributed by atoms with Gasteiger partial charge in [-0.3, -0.25) is 10.1 Å². The van der Waals surface area contributed by atoms with Gasteiger partial charge in [0.2, 0.25) is 5.88 Å². The Morgan fingerprint density at radius 3 is 2.89 bits per heavy atom. The van der Waals surface area contributed by atoms with Crippen LogP contribution in [0.2, 0.25) is 0 Å². The Kier molecular flexibility index (Phi) is 4.72. The molecule has 0 amide bonds. The van der Waals surface area contributed by atoms with Gasteiger partial charge in [0, 0.05) is 36.3 Å². The predicted octanol–water partition coefficient (Wildman–Crippen LogP) is 3.81. The fourth-order valence-corrected chi connectivity index (χ4v) is 2.83. The van der Waals surface area contributed by atoms with Gasteiger partial charge in [-0.05, 0) is 42.5 Å². The number of benzene rings is 1. The van der Waals surface area contributed by atoms with E-state index in [0.717, 1.165) is 5.56 Å². The lowest BCUT2D eigenvalue weighted by molar-refractivity contribution is -0.384. The topological polar surface area (TPSA) is 114 Å². The Balaban J connectivity index is 1.51. The van der Waals surface area contributed by atoms with E-state index >= 15 is 0 Å². The first-order chi connectivity index (χ1) is 13.6. The van der Waals surface area contributed by atoms with E-state index in [9.17, 15) is 15.4 Å². The molecule has 1 aliphatic carbocycles. The maximum absolute atomic E-state index is 11.0. The lowest BCUT2D eigenvalue weighted by Crippen LogP contribution is -2.04. The van der Waals surface area contributed by atoms with Crippen LogP contribution in [-0.2, 0) is 6.54 Å². The molecule has 2 heterocycles. The maximum Gasteiger partial charge on any atom is 0.270 e. The molecule has 1 N–H and O–H groups in total. The molecule has 8 heteroatoms. The molecule has 3 aromatic rings. The average molecular weight is 375 g/mol. The summed E-state index contributed by atoms with van der Waals surface area (Å²) >= 11 is 0. The minimum atomic E-state index is -0.487. The predicted molar refractivity (Wildman–Crippen MR) is 103 cm³/mol. The normalized spacial score (nSPS) is 13.1. The van der Waals surface area contributed by atoms with Crippen LogP contribution in [0, 0.1) is 27.4 Å². The van der Waals surface area contributed by atoms with Crippen molar-refractivity contribution in [3.63, 3.8) is 0 Å². The van der Waals surface area contributed by atoms with Crippen molar-refractivity contribution in [2.45, 2.75) is 19.4 Å². The zero-order valence-corrected chi connectivity index (χ0v) is 15.0. The number of aromatic nitrogens is 2. The van der Waals surface area contributed by atoms with Crippen molar-refractivity contribution in [1.29, 1.82) is 5.26 Å². The first-order valence-electron chi connectivity index (χ1n) is 8.93. The smallest absolute Gasteiger partial charge is 0.270 e. The van der Waals surface area contributed by atoms with Gasteiger partial charge in [0.15, 0.2) is 0 Å². The van der Waals surface area contributed by atoms with E-state index in [2.05, 4.69) is 21.4 Å². The van der Waals surface area contributed by atoms with Gasteiger partial charge in [0.1, 0.15) is 5.82 Å². The van der Waals surface area contributed by atoms with Crippen LogP contribution in [0.3, 0.4) is 0 Å². The third-order valence-corrected chi connectivity index (χ3v) is 4.56. The van der Waals surface area contributed by atoms with Gasteiger partial charge in [-0.1, -0.05) is 0 Å². The number of pyridine rings is 2. The van der Waals surface area contributed by atoms with E-state index in [1.54, 1.807) is 18.3 Å². The second kappa shape index (κ2) is 7.48. The Morgan fingerprint density at radius 1 is 1.29 bits per heavy atom. The number of anilines is 1. The number of ether oxygens (including phenoxy) is 1. The van der Waals surface area contributed by atoms with Gasteiger partial charge in [-0.2, -0.15) is 5.26 Å². The highest BCUT2D eigenvalue weighted by Gasteiger charge is 2.22. The molecule has 0 aliphatic heterocycles. The highest BCUT2D eigenvalue weighted by atomic mass is 16.6. The van der Waals surface area contributed by atoms with Crippen LogP contribution in [0.5, 0.6) is 5.88 Å². The van der Waals surface area contributed by atoms with Crippen molar-refractivity contribution in [3.8, 4) is 11.9 Å². The van der Waals surface area contributed by atoms with E-state index in [-0.39, 0.29) is 5.69 Å². The molecule has 0 radical (unpaired) electrons. The van der Waals surface area contributed by atoms with Crippen molar-refractivity contribution < 1.29 is 9.66 Å². The molecule has 0 bridgehead atoms. The van der Waals surface area contributed by atoms with Crippen molar-refractivity contribution in [1.82, 2.24) is 9.97 Å². The van der Waals surface area contributed by atoms with E-state index in [0.29, 0.717) is 47.2 Å². The molecule has 1 aliphatic rings. The Labute approximate surface area is 161 Å². The lowest BCUT2D eigenvalue weighted by atomic mass is 10.1. The quantitative estimate of drug-likeness (QED) is 0.493. The average Bonchev–Trinajstić information content (AvgIpc) is 3.54. The van der Waals surface area contributed by atoms with Gasteiger partial charge in [0.25, 0.3) is 5.69 Å². The summed E-state index contributed by atoms with van der Waals surface area (Å²) in [6.07, 6.45) is 4.14. The molecular formula is C20H17N5O3. The van der Waals surface area contributed by atoms with Crippen LogP contribution >= 0.6 is 0 Å². The fourth-order valence-electron chi connectivity index (χ4n) is 2.83. The highest BCUT2D eigenvalue weighted by molar-refractivity contribution is 5.88. The van der Waals surface area contributed by atoms with Crippen LogP contribution < -0.4 is 10.1 Å². The van der Waals surface area contributed by atoms with Gasteiger partial charge in [-0.25, -0.2) is 9.97 Å². The number of nitrogens with zero attached hydrogens (tertiary/aromatic N) is 4. The first-order valence-corrected chi connectivity index (χ1v) is 8.93. The largest absolute Gasteiger partial charge is 0.477 e. The van der Waals surface area contributed by atoms with Crippen LogP contribution in [0.4, 0.5) is 11.5 Å². The molecule has 0 spiro atoms. The maximum atomic E-state index is 11.0. The Hall–Kier alpha value is -3.73. The van der Waals surface area contributed by atoms with Gasteiger partial charge < -0.3 is 10.1 Å². The van der Waals surface area contributed by atoms with Crippen molar-refractivity contribution >= 4 is 22.4 Å². The molecule has 28 heavy (non-hydrogen) atoms. The molecule has 2 aromatic heterocycles. The number of rotatable bonds is 7. The van der Waals surface area contributed by atoms with Crippen LogP contribution in [-0.4, -0.2) is 21.5 Å². The van der Waals surface area contributed by atoms with Crippen LogP contribution in [0.1, 0.15) is 24.0 Å². The molecule has 1 saturated carbocycles. The van der Waals surface area contributed by atoms with E-state index < -0.39 is 4.92 Å². The SMILES string of the molecule is N#Cc1cc(NCc2ccnc(OCC3CC3)c2)nc2ccc([N+](=O)[O-])cc12. The molecule has 140 valence electrons. The minimum Gasteiger partial charge on any atom is -0.477 e. The van der Waals surface area contributed by atoms with Crippen LogP contribution in [0.25, 0.3) is 10.9 Å². The van der Waals surface area contributed by atoms with Gasteiger partial charge in [0.05, 0.1) is 28.7 Å². The highest BCUT2D eigenvalue weighted by Crippen LogP contribution is 2.29. The molecule has 0 atom stereocenters. The summed E-state index contributed by atoms with van der Waals surface area (Å²) < 4.78 is 5.69. The molecule has 0 saturated heterocycles. The third-order valence-electron chi connectivity index (χ3n) is 4.56. The fraction of sp³-hybridized carbons (Fsp3) is 0.250. The molecular weight excluding hydrogens is 358 g/mol. The zero-order valence-electron chi connectivity index (χ0n) is 15.0. The summed E-state index contributed by atoms with van der Waals surface area (Å²) in [4.78, 5) is 19.2. The number of nitro benzene ring substituents is 1. The van der Waals surface area contributed by atoms with E-state index in [4.69, 9.17) is 4.74 Å². The second-order valence-electron chi connectivity index (χ2n) is 6.74. The molecule has 1 aromatic carbocycles. The number of nitro groups is 1. The van der Waals surface area contributed by atoms with E-state index in [1.165, 1.54) is 25.0 Å². The minimum absolute atomic E-state index is 0.0676.